The van der Waals surface area contributed by atoms with E-state index in [4.69, 9.17) is 4.74 Å². The number of rotatable bonds is 5. The van der Waals surface area contributed by atoms with E-state index >= 15 is 0 Å². The van der Waals surface area contributed by atoms with Gasteiger partial charge in [-0.1, -0.05) is 32.9 Å². The van der Waals surface area contributed by atoms with E-state index in [9.17, 15) is 9.59 Å². The summed E-state index contributed by atoms with van der Waals surface area (Å²) in [7, 11) is 0. The highest BCUT2D eigenvalue weighted by atomic mass is 16.5. The van der Waals surface area contributed by atoms with E-state index in [0.717, 1.165) is 0 Å². The molecule has 1 rings (SSSR count). The van der Waals surface area contributed by atoms with Gasteiger partial charge in [0.2, 0.25) is 0 Å². The van der Waals surface area contributed by atoms with E-state index in [1.807, 2.05) is 27.7 Å². The standard InChI is InChI=1S/C15H20O3/c1-5-18-12-8-6-7-11(9-12)13(16)10-14(17)15(2,3)4/h6-9H,5,10H2,1-4H3. The number of ether oxygens (including phenoxy) is 1. The monoisotopic (exact) mass is 248 g/mol. The summed E-state index contributed by atoms with van der Waals surface area (Å²) >= 11 is 0. The van der Waals surface area contributed by atoms with Crippen molar-refractivity contribution in [2.45, 2.75) is 34.1 Å². The number of carbonyl (C=O) groups excluding carboxylic acids is 2. The van der Waals surface area contributed by atoms with Gasteiger partial charge in [-0.25, -0.2) is 0 Å². The molecule has 0 bridgehead atoms. The molecule has 0 spiro atoms. The largest absolute Gasteiger partial charge is 0.494 e. The number of carbonyl (C=O) groups is 2. The average molecular weight is 248 g/mol. The quantitative estimate of drug-likeness (QED) is 0.593. The second-order valence-corrected chi connectivity index (χ2v) is 5.23. The Labute approximate surface area is 108 Å². The van der Waals surface area contributed by atoms with Gasteiger partial charge in [-0.3, -0.25) is 9.59 Å². The maximum atomic E-state index is 12.0. The summed E-state index contributed by atoms with van der Waals surface area (Å²) in [6.07, 6.45) is -0.0565. The Morgan fingerprint density at radius 2 is 1.89 bits per heavy atom. The van der Waals surface area contributed by atoms with Crippen molar-refractivity contribution >= 4 is 11.6 Å². The van der Waals surface area contributed by atoms with Crippen LogP contribution in [0.4, 0.5) is 0 Å². The minimum Gasteiger partial charge on any atom is -0.494 e. The lowest BCUT2D eigenvalue weighted by Crippen LogP contribution is -2.23. The molecule has 18 heavy (non-hydrogen) atoms. The molecule has 0 aliphatic heterocycles. The first-order valence-electron chi connectivity index (χ1n) is 6.14. The molecular weight excluding hydrogens is 228 g/mol. The summed E-state index contributed by atoms with van der Waals surface area (Å²) in [5.41, 5.74) is 0.0475. The van der Waals surface area contributed by atoms with Crippen molar-refractivity contribution in [2.75, 3.05) is 6.61 Å². The number of hydrogen-bond donors (Lipinski definition) is 0. The fourth-order valence-electron chi connectivity index (χ4n) is 1.44. The van der Waals surface area contributed by atoms with Gasteiger partial charge in [0.25, 0.3) is 0 Å². The SMILES string of the molecule is CCOc1cccc(C(=O)CC(=O)C(C)(C)C)c1. The first kappa shape index (κ1) is 14.4. The van der Waals surface area contributed by atoms with Crippen LogP contribution < -0.4 is 4.74 Å². The molecular formula is C15H20O3. The smallest absolute Gasteiger partial charge is 0.170 e. The van der Waals surface area contributed by atoms with Crippen LogP contribution in [0.1, 0.15) is 44.5 Å². The Kier molecular flexibility index (Phi) is 4.65. The zero-order valence-electron chi connectivity index (χ0n) is 11.4. The van der Waals surface area contributed by atoms with Crippen molar-refractivity contribution in [1.29, 1.82) is 0 Å². The number of hydrogen-bond acceptors (Lipinski definition) is 3. The number of ketones is 2. The Hall–Kier alpha value is -1.64. The molecule has 0 amide bonds. The van der Waals surface area contributed by atoms with Crippen molar-refractivity contribution in [3.05, 3.63) is 29.8 Å². The molecule has 0 fully saturated rings. The van der Waals surface area contributed by atoms with Gasteiger partial charge in [0.1, 0.15) is 11.5 Å². The average Bonchev–Trinajstić information content (AvgIpc) is 2.28. The van der Waals surface area contributed by atoms with E-state index in [1.165, 1.54) is 0 Å². The first-order valence-corrected chi connectivity index (χ1v) is 6.14. The van der Waals surface area contributed by atoms with Crippen LogP contribution in [0.15, 0.2) is 24.3 Å². The molecule has 1 aromatic carbocycles. The third kappa shape index (κ3) is 3.99. The predicted molar refractivity (Wildman–Crippen MR) is 71.0 cm³/mol. The molecule has 3 heteroatoms. The molecule has 0 atom stereocenters. The lowest BCUT2D eigenvalue weighted by molar-refractivity contribution is -0.125. The Morgan fingerprint density at radius 3 is 2.44 bits per heavy atom. The van der Waals surface area contributed by atoms with Crippen LogP contribution in [-0.2, 0) is 4.79 Å². The molecule has 0 radical (unpaired) electrons. The van der Waals surface area contributed by atoms with Gasteiger partial charge in [0, 0.05) is 11.0 Å². The third-order valence-corrected chi connectivity index (χ3v) is 2.62. The zero-order valence-corrected chi connectivity index (χ0v) is 11.4. The van der Waals surface area contributed by atoms with Crippen LogP contribution in [0.2, 0.25) is 0 Å². The number of benzene rings is 1. The van der Waals surface area contributed by atoms with Crippen LogP contribution >= 0.6 is 0 Å². The molecule has 0 saturated heterocycles. The number of Topliss-reactive ketones (excluding diaryl/α,β-unsaturated/α-hetero) is 2. The highest BCUT2D eigenvalue weighted by Crippen LogP contribution is 2.20. The molecule has 0 unspecified atom stereocenters. The van der Waals surface area contributed by atoms with E-state index in [-0.39, 0.29) is 18.0 Å². The molecule has 1 aromatic rings. The molecule has 98 valence electrons. The van der Waals surface area contributed by atoms with Gasteiger partial charge in [-0.05, 0) is 19.1 Å². The maximum Gasteiger partial charge on any atom is 0.170 e. The van der Waals surface area contributed by atoms with E-state index < -0.39 is 5.41 Å². The molecule has 0 heterocycles. The summed E-state index contributed by atoms with van der Waals surface area (Å²) in [5.74, 6) is 0.456. The second kappa shape index (κ2) is 5.80. The molecule has 0 aliphatic carbocycles. The topological polar surface area (TPSA) is 43.4 Å². The van der Waals surface area contributed by atoms with Crippen molar-refractivity contribution in [1.82, 2.24) is 0 Å². The van der Waals surface area contributed by atoms with Crippen LogP contribution in [-0.4, -0.2) is 18.2 Å². The molecule has 3 nitrogen and oxygen atoms in total. The lowest BCUT2D eigenvalue weighted by atomic mass is 9.87. The van der Waals surface area contributed by atoms with Gasteiger partial charge >= 0.3 is 0 Å². The van der Waals surface area contributed by atoms with Crippen molar-refractivity contribution in [2.24, 2.45) is 5.41 Å². The minimum atomic E-state index is -0.479. The second-order valence-electron chi connectivity index (χ2n) is 5.23. The van der Waals surface area contributed by atoms with Gasteiger partial charge in [-0.2, -0.15) is 0 Å². The van der Waals surface area contributed by atoms with Crippen molar-refractivity contribution < 1.29 is 14.3 Å². The normalized spacial score (nSPS) is 11.1. The van der Waals surface area contributed by atoms with Crippen LogP contribution in [0, 0.1) is 5.41 Å². The molecule has 0 N–H and O–H groups in total. The van der Waals surface area contributed by atoms with E-state index in [2.05, 4.69) is 0 Å². The predicted octanol–water partition coefficient (Wildman–Crippen LogP) is 3.27. The van der Waals surface area contributed by atoms with Gasteiger partial charge < -0.3 is 4.74 Å². The Morgan fingerprint density at radius 1 is 1.22 bits per heavy atom. The summed E-state index contributed by atoms with van der Waals surface area (Å²) < 4.78 is 5.33. The van der Waals surface area contributed by atoms with E-state index in [1.54, 1.807) is 24.3 Å². The molecule has 0 aliphatic rings. The lowest BCUT2D eigenvalue weighted by Gasteiger charge is -2.15. The van der Waals surface area contributed by atoms with Gasteiger partial charge in [0.05, 0.1) is 13.0 Å². The Bertz CT molecular complexity index is 441. The highest BCUT2D eigenvalue weighted by molar-refractivity contribution is 6.09. The van der Waals surface area contributed by atoms with Crippen molar-refractivity contribution in [3.63, 3.8) is 0 Å². The minimum absolute atomic E-state index is 0.0469. The summed E-state index contributed by atoms with van der Waals surface area (Å²) in [4.78, 5) is 23.8. The van der Waals surface area contributed by atoms with Crippen LogP contribution in [0.3, 0.4) is 0 Å². The van der Waals surface area contributed by atoms with Crippen molar-refractivity contribution in [3.8, 4) is 5.75 Å². The first-order chi connectivity index (χ1) is 8.34. The van der Waals surface area contributed by atoms with Gasteiger partial charge in [-0.15, -0.1) is 0 Å². The van der Waals surface area contributed by atoms with E-state index in [0.29, 0.717) is 17.9 Å². The molecule has 0 aromatic heterocycles. The Balaban J connectivity index is 2.78. The molecule has 0 saturated carbocycles. The zero-order chi connectivity index (χ0) is 13.8. The fraction of sp³-hybridized carbons (Fsp3) is 0.467. The van der Waals surface area contributed by atoms with Crippen LogP contribution in [0.25, 0.3) is 0 Å². The summed E-state index contributed by atoms with van der Waals surface area (Å²) in [6, 6.07) is 6.95. The summed E-state index contributed by atoms with van der Waals surface area (Å²) in [6.45, 7) is 7.90. The van der Waals surface area contributed by atoms with Crippen LogP contribution in [0.5, 0.6) is 5.75 Å². The maximum absolute atomic E-state index is 12.0. The summed E-state index contributed by atoms with van der Waals surface area (Å²) in [5, 5.41) is 0. The fourth-order valence-corrected chi connectivity index (χ4v) is 1.44. The van der Waals surface area contributed by atoms with Gasteiger partial charge in [0.15, 0.2) is 5.78 Å². The highest BCUT2D eigenvalue weighted by Gasteiger charge is 2.24. The third-order valence-electron chi connectivity index (χ3n) is 2.62.